The first-order valence-electron chi connectivity index (χ1n) is 9.23. The predicted octanol–water partition coefficient (Wildman–Crippen LogP) is 3.30. The van der Waals surface area contributed by atoms with Crippen molar-refractivity contribution in [2.24, 2.45) is 0 Å². The molecule has 0 saturated heterocycles. The molecule has 1 aromatic heterocycles. The van der Waals surface area contributed by atoms with Crippen molar-refractivity contribution in [3.05, 3.63) is 84.2 Å². The molecule has 1 N–H and O–H groups in total. The van der Waals surface area contributed by atoms with Gasteiger partial charge in [0.25, 0.3) is 5.91 Å². The maximum Gasteiger partial charge on any atom is 0.328 e. The highest BCUT2D eigenvalue weighted by molar-refractivity contribution is 6.08. The summed E-state index contributed by atoms with van der Waals surface area (Å²) in [5.74, 6) is -0.875. The quantitative estimate of drug-likeness (QED) is 0.533. The number of methoxy groups -OCH3 is 1. The fourth-order valence-corrected chi connectivity index (χ4v) is 3.30. The normalized spacial score (nSPS) is 11.9. The second kappa shape index (κ2) is 8.06. The Morgan fingerprint density at radius 2 is 1.69 bits per heavy atom. The number of nitrogens with one attached hydrogen (secondary N) is 1. The van der Waals surface area contributed by atoms with Gasteiger partial charge in [-0.15, -0.1) is 0 Å². The third kappa shape index (κ3) is 3.91. The van der Waals surface area contributed by atoms with Crippen molar-refractivity contribution in [2.45, 2.75) is 12.5 Å². The third-order valence-electron chi connectivity index (χ3n) is 4.74. The first-order valence-corrected chi connectivity index (χ1v) is 9.23. The standard InChI is InChI=1S/C23H19N3O3/c1-29-23(28)21(13-16-14-24-19-11-4-5-12-20(19)25-16)26-22(27)18-10-6-8-15-7-2-3-9-17(15)18/h2-12,14,21H,13H2,1H3,(H,26,27)/t21-/m0/s1. The van der Waals surface area contributed by atoms with Crippen LogP contribution in [0.2, 0.25) is 0 Å². The monoisotopic (exact) mass is 385 g/mol. The van der Waals surface area contributed by atoms with Gasteiger partial charge in [-0.3, -0.25) is 9.78 Å². The van der Waals surface area contributed by atoms with E-state index in [2.05, 4.69) is 15.3 Å². The Morgan fingerprint density at radius 1 is 0.966 bits per heavy atom. The number of hydrogen-bond donors (Lipinski definition) is 1. The second-order valence-corrected chi connectivity index (χ2v) is 6.63. The zero-order valence-electron chi connectivity index (χ0n) is 15.8. The van der Waals surface area contributed by atoms with E-state index in [0.717, 1.165) is 21.8 Å². The largest absolute Gasteiger partial charge is 0.467 e. The summed E-state index contributed by atoms with van der Waals surface area (Å²) in [6.07, 6.45) is 1.79. The summed E-state index contributed by atoms with van der Waals surface area (Å²) in [7, 11) is 1.30. The van der Waals surface area contributed by atoms with E-state index in [1.54, 1.807) is 12.3 Å². The molecule has 144 valence electrons. The number of benzene rings is 3. The first kappa shape index (κ1) is 18.6. The smallest absolute Gasteiger partial charge is 0.328 e. The van der Waals surface area contributed by atoms with Gasteiger partial charge in [-0.05, 0) is 29.0 Å². The van der Waals surface area contributed by atoms with Crippen LogP contribution < -0.4 is 5.32 Å². The summed E-state index contributed by atoms with van der Waals surface area (Å²) in [6.45, 7) is 0. The summed E-state index contributed by atoms with van der Waals surface area (Å²) < 4.78 is 4.89. The van der Waals surface area contributed by atoms with E-state index in [1.165, 1.54) is 7.11 Å². The Hall–Kier alpha value is -3.80. The molecule has 0 saturated carbocycles. The van der Waals surface area contributed by atoms with Gasteiger partial charge in [0, 0.05) is 18.2 Å². The number of para-hydroxylation sites is 2. The molecule has 4 rings (SSSR count). The number of hydrogen-bond acceptors (Lipinski definition) is 5. The number of ether oxygens (including phenoxy) is 1. The molecule has 6 heteroatoms. The molecular weight excluding hydrogens is 366 g/mol. The lowest BCUT2D eigenvalue weighted by Crippen LogP contribution is -2.43. The van der Waals surface area contributed by atoms with Gasteiger partial charge < -0.3 is 10.1 Å². The van der Waals surface area contributed by atoms with Crippen LogP contribution in [-0.2, 0) is 16.0 Å². The average Bonchev–Trinajstić information content (AvgIpc) is 2.77. The maximum absolute atomic E-state index is 12.9. The number of fused-ring (bicyclic) bond motifs is 2. The van der Waals surface area contributed by atoms with Crippen LogP contribution >= 0.6 is 0 Å². The van der Waals surface area contributed by atoms with Crippen LogP contribution in [0.3, 0.4) is 0 Å². The van der Waals surface area contributed by atoms with Crippen LogP contribution in [0.1, 0.15) is 16.1 Å². The van der Waals surface area contributed by atoms with Gasteiger partial charge in [0.1, 0.15) is 6.04 Å². The lowest BCUT2D eigenvalue weighted by Gasteiger charge is -2.17. The first-order chi connectivity index (χ1) is 14.2. The minimum Gasteiger partial charge on any atom is -0.467 e. The molecule has 0 fully saturated rings. The molecule has 0 spiro atoms. The van der Waals surface area contributed by atoms with E-state index in [4.69, 9.17) is 4.74 Å². The highest BCUT2D eigenvalue weighted by atomic mass is 16.5. The predicted molar refractivity (Wildman–Crippen MR) is 110 cm³/mol. The lowest BCUT2D eigenvalue weighted by atomic mass is 10.0. The Bertz CT molecular complexity index is 1200. The zero-order valence-corrected chi connectivity index (χ0v) is 15.8. The van der Waals surface area contributed by atoms with E-state index in [-0.39, 0.29) is 12.3 Å². The summed E-state index contributed by atoms with van der Waals surface area (Å²) >= 11 is 0. The molecule has 1 heterocycles. The minimum atomic E-state index is -0.873. The van der Waals surface area contributed by atoms with Gasteiger partial charge in [-0.2, -0.15) is 0 Å². The highest BCUT2D eigenvalue weighted by Crippen LogP contribution is 2.19. The number of rotatable bonds is 5. The van der Waals surface area contributed by atoms with E-state index in [1.807, 2.05) is 60.7 Å². The van der Waals surface area contributed by atoms with Crippen LogP contribution in [0.15, 0.2) is 72.9 Å². The summed E-state index contributed by atoms with van der Waals surface area (Å²) in [6, 6.07) is 19.7. The number of amides is 1. The van der Waals surface area contributed by atoms with Crippen LogP contribution in [0, 0.1) is 0 Å². The second-order valence-electron chi connectivity index (χ2n) is 6.63. The zero-order chi connectivity index (χ0) is 20.2. The van der Waals surface area contributed by atoms with Crippen molar-refractivity contribution < 1.29 is 14.3 Å². The number of carbonyl (C=O) groups excluding carboxylic acids is 2. The van der Waals surface area contributed by atoms with Gasteiger partial charge in [0.15, 0.2) is 0 Å². The molecule has 3 aromatic carbocycles. The van der Waals surface area contributed by atoms with E-state index < -0.39 is 12.0 Å². The number of aromatic nitrogens is 2. The summed E-state index contributed by atoms with van der Waals surface area (Å²) in [4.78, 5) is 34.2. The van der Waals surface area contributed by atoms with Crippen molar-refractivity contribution in [1.29, 1.82) is 0 Å². The molecule has 1 atom stereocenters. The van der Waals surface area contributed by atoms with Crippen molar-refractivity contribution in [1.82, 2.24) is 15.3 Å². The molecule has 0 unspecified atom stereocenters. The number of nitrogens with zero attached hydrogens (tertiary/aromatic N) is 2. The molecule has 29 heavy (non-hydrogen) atoms. The molecule has 6 nitrogen and oxygen atoms in total. The van der Waals surface area contributed by atoms with Crippen LogP contribution in [0.25, 0.3) is 21.8 Å². The molecule has 0 radical (unpaired) electrons. The van der Waals surface area contributed by atoms with Crippen molar-refractivity contribution in [3.63, 3.8) is 0 Å². The Labute approximate surface area is 167 Å². The fourth-order valence-electron chi connectivity index (χ4n) is 3.30. The molecule has 4 aromatic rings. The Kier molecular flexibility index (Phi) is 5.16. The van der Waals surface area contributed by atoms with Gasteiger partial charge in [-0.1, -0.05) is 48.5 Å². The van der Waals surface area contributed by atoms with E-state index in [0.29, 0.717) is 11.3 Å². The van der Waals surface area contributed by atoms with Crippen LogP contribution in [0.4, 0.5) is 0 Å². The van der Waals surface area contributed by atoms with Crippen LogP contribution in [0.5, 0.6) is 0 Å². The lowest BCUT2D eigenvalue weighted by molar-refractivity contribution is -0.142. The summed E-state index contributed by atoms with van der Waals surface area (Å²) in [5.41, 5.74) is 2.60. The van der Waals surface area contributed by atoms with Gasteiger partial charge in [-0.25, -0.2) is 9.78 Å². The molecule has 0 aliphatic heterocycles. The van der Waals surface area contributed by atoms with E-state index in [9.17, 15) is 9.59 Å². The van der Waals surface area contributed by atoms with E-state index >= 15 is 0 Å². The molecule has 0 bridgehead atoms. The van der Waals surface area contributed by atoms with Crippen molar-refractivity contribution >= 4 is 33.7 Å². The summed E-state index contributed by atoms with van der Waals surface area (Å²) in [5, 5.41) is 4.57. The molecular formula is C23H19N3O3. The third-order valence-corrected chi connectivity index (χ3v) is 4.74. The minimum absolute atomic E-state index is 0.182. The topological polar surface area (TPSA) is 81.2 Å². The fraction of sp³-hybridized carbons (Fsp3) is 0.130. The van der Waals surface area contributed by atoms with Gasteiger partial charge >= 0.3 is 5.97 Å². The van der Waals surface area contributed by atoms with Crippen molar-refractivity contribution in [2.75, 3.05) is 7.11 Å². The van der Waals surface area contributed by atoms with Gasteiger partial charge in [0.05, 0.1) is 23.8 Å². The van der Waals surface area contributed by atoms with Crippen molar-refractivity contribution in [3.8, 4) is 0 Å². The number of esters is 1. The molecule has 1 amide bonds. The maximum atomic E-state index is 12.9. The van der Waals surface area contributed by atoms with Gasteiger partial charge in [0.2, 0.25) is 0 Å². The highest BCUT2D eigenvalue weighted by Gasteiger charge is 2.24. The average molecular weight is 385 g/mol. The number of carbonyl (C=O) groups is 2. The Balaban J connectivity index is 1.61. The molecule has 0 aliphatic carbocycles. The SMILES string of the molecule is COC(=O)[C@H](Cc1cnc2ccccc2n1)NC(=O)c1cccc2ccccc12. The Morgan fingerprint density at radius 3 is 2.52 bits per heavy atom. The molecule has 0 aliphatic rings. The van der Waals surface area contributed by atoms with Crippen LogP contribution in [-0.4, -0.2) is 35.0 Å².